The Kier molecular flexibility index (Phi) is 9.40. The summed E-state index contributed by atoms with van der Waals surface area (Å²) in [5, 5.41) is 0. The van der Waals surface area contributed by atoms with Gasteiger partial charge in [-0.1, -0.05) is 82.4 Å². The van der Waals surface area contributed by atoms with Crippen LogP contribution in [-0.2, 0) is 6.42 Å². The van der Waals surface area contributed by atoms with Crippen LogP contribution in [0.1, 0.15) is 102 Å². The first-order valence-corrected chi connectivity index (χ1v) is 12.6. The molecule has 1 aromatic rings. The molecule has 0 N–H and O–H groups in total. The Balaban J connectivity index is 1.37. The summed E-state index contributed by atoms with van der Waals surface area (Å²) in [6.07, 6.45) is 22.9. The first kappa shape index (κ1) is 22.2. The third-order valence-electron chi connectivity index (χ3n) is 7.50. The molecular weight excluding hydrogens is 348 g/mol. The van der Waals surface area contributed by atoms with Gasteiger partial charge in [0, 0.05) is 5.56 Å². The maximum Gasteiger partial charge on any atom is 0.0249 e. The van der Waals surface area contributed by atoms with Gasteiger partial charge in [0.2, 0.25) is 0 Å². The molecule has 2 aliphatic rings. The average Bonchev–Trinajstić information content (AvgIpc) is 2.77. The zero-order valence-corrected chi connectivity index (χ0v) is 19.0. The number of hydrogen-bond donors (Lipinski definition) is 0. The fourth-order valence-electron chi connectivity index (χ4n) is 5.60. The van der Waals surface area contributed by atoms with Crippen molar-refractivity contribution >= 4 is 0 Å². The van der Waals surface area contributed by atoms with Gasteiger partial charge in [-0.25, -0.2) is 0 Å². The Labute approximate surface area is 180 Å². The number of rotatable bonds is 7. The normalized spacial score (nSPS) is 27.5. The lowest BCUT2D eigenvalue weighted by Gasteiger charge is -2.37. The fraction of sp³-hybridized carbons (Fsp3) is 0.655. The highest BCUT2D eigenvalue weighted by molar-refractivity contribution is 5.38. The van der Waals surface area contributed by atoms with Gasteiger partial charge in [-0.3, -0.25) is 0 Å². The smallest absolute Gasteiger partial charge is 0.0249 e. The van der Waals surface area contributed by atoms with Crippen molar-refractivity contribution in [2.45, 2.75) is 97.3 Å². The minimum absolute atomic E-state index is 0.758. The van der Waals surface area contributed by atoms with Crippen LogP contribution in [0.3, 0.4) is 0 Å². The molecule has 0 saturated heterocycles. The second kappa shape index (κ2) is 12.3. The third kappa shape index (κ3) is 7.37. The summed E-state index contributed by atoms with van der Waals surface area (Å²) in [7, 11) is 0. The van der Waals surface area contributed by atoms with Crippen molar-refractivity contribution < 1.29 is 0 Å². The third-order valence-corrected chi connectivity index (χ3v) is 7.50. The molecule has 0 radical (unpaired) electrons. The van der Waals surface area contributed by atoms with E-state index in [1.54, 1.807) is 0 Å². The maximum atomic E-state index is 3.30. The summed E-state index contributed by atoms with van der Waals surface area (Å²) in [5.74, 6) is 10.4. The van der Waals surface area contributed by atoms with Gasteiger partial charge in [-0.15, -0.1) is 0 Å². The van der Waals surface area contributed by atoms with Crippen molar-refractivity contribution in [2.24, 2.45) is 23.7 Å². The molecule has 29 heavy (non-hydrogen) atoms. The van der Waals surface area contributed by atoms with Gasteiger partial charge in [-0.05, 0) is 92.4 Å². The first-order chi connectivity index (χ1) is 14.3. The molecule has 1 aromatic carbocycles. The molecule has 0 unspecified atom stereocenters. The van der Waals surface area contributed by atoms with E-state index in [0.29, 0.717) is 0 Å². The van der Waals surface area contributed by atoms with E-state index in [9.17, 15) is 0 Å². The van der Waals surface area contributed by atoms with Crippen LogP contribution in [-0.4, -0.2) is 0 Å². The average molecular weight is 391 g/mol. The van der Waals surface area contributed by atoms with Crippen LogP contribution >= 0.6 is 0 Å². The van der Waals surface area contributed by atoms with E-state index in [-0.39, 0.29) is 0 Å². The number of hydrogen-bond acceptors (Lipinski definition) is 0. The number of allylic oxidation sites excluding steroid dienone is 2. The van der Waals surface area contributed by atoms with Gasteiger partial charge in [0.15, 0.2) is 0 Å². The lowest BCUT2D eigenvalue weighted by molar-refractivity contribution is 0.152. The highest BCUT2D eigenvalue weighted by Gasteiger charge is 2.30. The molecular formula is C29H42. The van der Waals surface area contributed by atoms with Crippen LogP contribution in [0.15, 0.2) is 36.4 Å². The standard InChI is InChI=1S/C29H42/c1-3-5-9-25-16-20-28(21-17-25)29-22-18-27(19-23-29)11-7-6-10-26-14-12-24(8-4-2)13-15-26/h7,11-15,25,27-29H,3-5,8-9,16-23H2,1-2H3/t25-,27-,28-,29-. The predicted octanol–water partition coefficient (Wildman–Crippen LogP) is 8.35. The van der Waals surface area contributed by atoms with Crippen LogP contribution in [0.5, 0.6) is 0 Å². The van der Waals surface area contributed by atoms with Gasteiger partial charge in [0.1, 0.15) is 0 Å². The molecule has 0 amide bonds. The van der Waals surface area contributed by atoms with Gasteiger partial charge in [-0.2, -0.15) is 0 Å². The Morgan fingerprint density at radius 2 is 1.48 bits per heavy atom. The SMILES string of the molecule is CCCC[C@H]1CC[C@H]([C@H]2CC[C@H](C=CC#Cc3ccc(CCC)cc3)CC2)CC1. The van der Waals surface area contributed by atoms with Crippen LogP contribution in [0.2, 0.25) is 0 Å². The topological polar surface area (TPSA) is 0 Å². The lowest BCUT2D eigenvalue weighted by Crippen LogP contribution is -2.25. The largest absolute Gasteiger partial charge is 0.0730 e. The molecule has 3 rings (SSSR count). The van der Waals surface area contributed by atoms with E-state index < -0.39 is 0 Å². The van der Waals surface area contributed by atoms with E-state index in [1.165, 1.54) is 82.6 Å². The van der Waals surface area contributed by atoms with Gasteiger partial charge in [0.05, 0.1) is 0 Å². The van der Waals surface area contributed by atoms with Crippen LogP contribution in [0, 0.1) is 35.5 Å². The molecule has 0 heteroatoms. The molecule has 0 spiro atoms. The molecule has 0 aromatic heterocycles. The molecule has 0 nitrogen and oxygen atoms in total. The van der Waals surface area contributed by atoms with Gasteiger partial charge in [0.25, 0.3) is 0 Å². The van der Waals surface area contributed by atoms with Crippen molar-refractivity contribution in [3.05, 3.63) is 47.5 Å². The van der Waals surface area contributed by atoms with Crippen molar-refractivity contribution in [2.75, 3.05) is 0 Å². The van der Waals surface area contributed by atoms with Gasteiger partial charge >= 0.3 is 0 Å². The van der Waals surface area contributed by atoms with Crippen LogP contribution < -0.4 is 0 Å². The Bertz CT molecular complexity index is 652. The molecule has 0 aliphatic heterocycles. The van der Waals surface area contributed by atoms with Crippen molar-refractivity contribution in [3.63, 3.8) is 0 Å². The highest BCUT2D eigenvalue weighted by atomic mass is 14.4. The summed E-state index contributed by atoms with van der Waals surface area (Å²) >= 11 is 0. The van der Waals surface area contributed by atoms with E-state index >= 15 is 0 Å². The molecule has 158 valence electrons. The van der Waals surface area contributed by atoms with Crippen LogP contribution in [0.4, 0.5) is 0 Å². The molecule has 0 heterocycles. The quantitative estimate of drug-likeness (QED) is 0.410. The summed E-state index contributed by atoms with van der Waals surface area (Å²) in [5.41, 5.74) is 2.55. The minimum Gasteiger partial charge on any atom is -0.0730 e. The van der Waals surface area contributed by atoms with Crippen molar-refractivity contribution in [1.29, 1.82) is 0 Å². The number of benzene rings is 1. The molecule has 2 aliphatic carbocycles. The summed E-state index contributed by atoms with van der Waals surface area (Å²) in [6, 6.07) is 8.76. The second-order valence-electron chi connectivity index (χ2n) is 9.67. The van der Waals surface area contributed by atoms with E-state index in [1.807, 2.05) is 0 Å². The van der Waals surface area contributed by atoms with Crippen LogP contribution in [0.25, 0.3) is 0 Å². The summed E-state index contributed by atoms with van der Waals surface area (Å²) < 4.78 is 0. The molecule has 0 bridgehead atoms. The number of aryl methyl sites for hydroxylation is 1. The summed E-state index contributed by atoms with van der Waals surface area (Å²) in [4.78, 5) is 0. The monoisotopic (exact) mass is 390 g/mol. The molecule has 2 saturated carbocycles. The zero-order chi connectivity index (χ0) is 20.3. The van der Waals surface area contributed by atoms with E-state index in [0.717, 1.165) is 35.7 Å². The highest BCUT2D eigenvalue weighted by Crippen LogP contribution is 2.42. The Morgan fingerprint density at radius 1 is 0.828 bits per heavy atom. The molecule has 0 atom stereocenters. The first-order valence-electron chi connectivity index (χ1n) is 12.6. The summed E-state index contributed by atoms with van der Waals surface area (Å²) in [6.45, 7) is 4.56. The lowest BCUT2D eigenvalue weighted by atomic mass is 9.68. The van der Waals surface area contributed by atoms with Gasteiger partial charge < -0.3 is 0 Å². The molecule has 2 fully saturated rings. The maximum absolute atomic E-state index is 3.30. The van der Waals surface area contributed by atoms with Crippen molar-refractivity contribution in [1.82, 2.24) is 0 Å². The Hall–Kier alpha value is -1.48. The minimum atomic E-state index is 0.758. The second-order valence-corrected chi connectivity index (χ2v) is 9.67. The fourth-order valence-corrected chi connectivity index (χ4v) is 5.60. The predicted molar refractivity (Wildman–Crippen MR) is 127 cm³/mol. The number of unbranched alkanes of at least 4 members (excludes halogenated alkanes) is 1. The van der Waals surface area contributed by atoms with Crippen molar-refractivity contribution in [3.8, 4) is 11.8 Å². The van der Waals surface area contributed by atoms with E-state index in [4.69, 9.17) is 0 Å². The van der Waals surface area contributed by atoms with E-state index in [2.05, 4.69) is 62.1 Å². The Morgan fingerprint density at radius 3 is 2.10 bits per heavy atom. The zero-order valence-electron chi connectivity index (χ0n) is 19.0.